The highest BCUT2D eigenvalue weighted by molar-refractivity contribution is 6.30. The van der Waals surface area contributed by atoms with Crippen molar-refractivity contribution < 1.29 is 13.9 Å². The lowest BCUT2D eigenvalue weighted by atomic mass is 10.1. The summed E-state index contributed by atoms with van der Waals surface area (Å²) in [5.74, 6) is -0.0520. The predicted molar refractivity (Wildman–Crippen MR) is 87.4 cm³/mol. The first-order chi connectivity index (χ1) is 11.1. The number of amides is 2. The fourth-order valence-corrected chi connectivity index (χ4v) is 3.26. The van der Waals surface area contributed by atoms with E-state index in [0.717, 1.165) is 39.3 Å². The van der Waals surface area contributed by atoms with Gasteiger partial charge in [-0.05, 0) is 30.5 Å². The average molecular weight is 342 g/mol. The number of likely N-dealkylation sites (tertiary alicyclic amines) is 1. The molecule has 2 aliphatic rings. The Morgan fingerprint density at radius 3 is 2.87 bits per heavy atom. The van der Waals surface area contributed by atoms with Gasteiger partial charge in [-0.25, -0.2) is 9.18 Å². The van der Waals surface area contributed by atoms with Gasteiger partial charge in [0.05, 0.1) is 18.9 Å². The van der Waals surface area contributed by atoms with E-state index in [1.165, 1.54) is 12.1 Å². The summed E-state index contributed by atoms with van der Waals surface area (Å²) >= 11 is 5.72. The zero-order valence-corrected chi connectivity index (χ0v) is 13.7. The van der Waals surface area contributed by atoms with Crippen LogP contribution in [-0.4, -0.2) is 61.8 Å². The molecule has 0 aliphatic carbocycles. The quantitative estimate of drug-likeness (QED) is 0.919. The molecule has 2 aliphatic heterocycles. The molecule has 0 saturated carbocycles. The SMILES string of the molecule is O=C(Nc1ccc(Cl)cc1F)N1CC[C@@H](CN2CCOCC2)C1. The number of halogens is 2. The largest absolute Gasteiger partial charge is 0.379 e. The summed E-state index contributed by atoms with van der Waals surface area (Å²) in [5, 5.41) is 2.94. The van der Waals surface area contributed by atoms with Gasteiger partial charge in [0.25, 0.3) is 0 Å². The van der Waals surface area contributed by atoms with Gasteiger partial charge in [-0.3, -0.25) is 4.90 Å². The van der Waals surface area contributed by atoms with Gasteiger partial charge in [0.2, 0.25) is 0 Å². The molecule has 0 radical (unpaired) electrons. The number of ether oxygens (including phenoxy) is 1. The minimum atomic E-state index is -0.519. The van der Waals surface area contributed by atoms with Crippen molar-refractivity contribution in [3.05, 3.63) is 29.0 Å². The molecule has 5 nitrogen and oxygen atoms in total. The van der Waals surface area contributed by atoms with Gasteiger partial charge in [-0.2, -0.15) is 0 Å². The van der Waals surface area contributed by atoms with Crippen LogP contribution in [0.5, 0.6) is 0 Å². The summed E-state index contributed by atoms with van der Waals surface area (Å²) in [7, 11) is 0. The van der Waals surface area contributed by atoms with E-state index < -0.39 is 5.82 Å². The second kappa shape index (κ2) is 7.47. The van der Waals surface area contributed by atoms with Gasteiger partial charge in [-0.1, -0.05) is 11.6 Å². The van der Waals surface area contributed by atoms with Gasteiger partial charge >= 0.3 is 6.03 Å². The Morgan fingerprint density at radius 2 is 2.13 bits per heavy atom. The van der Waals surface area contributed by atoms with Crippen LogP contribution in [0.2, 0.25) is 5.02 Å². The van der Waals surface area contributed by atoms with E-state index in [9.17, 15) is 9.18 Å². The summed E-state index contributed by atoms with van der Waals surface area (Å²) in [6.07, 6.45) is 0.980. The summed E-state index contributed by atoms with van der Waals surface area (Å²) in [6, 6.07) is 3.99. The van der Waals surface area contributed by atoms with Crippen LogP contribution in [0.4, 0.5) is 14.9 Å². The first kappa shape index (κ1) is 16.5. The van der Waals surface area contributed by atoms with Crippen molar-refractivity contribution >= 4 is 23.3 Å². The first-order valence-corrected chi connectivity index (χ1v) is 8.30. The van der Waals surface area contributed by atoms with E-state index in [2.05, 4.69) is 10.2 Å². The number of carbonyl (C=O) groups is 1. The first-order valence-electron chi connectivity index (χ1n) is 7.93. The summed E-state index contributed by atoms with van der Waals surface area (Å²) in [6.45, 7) is 5.88. The van der Waals surface area contributed by atoms with Crippen LogP contribution in [-0.2, 0) is 4.74 Å². The number of urea groups is 1. The van der Waals surface area contributed by atoms with Crippen molar-refractivity contribution in [3.63, 3.8) is 0 Å². The van der Waals surface area contributed by atoms with Crippen molar-refractivity contribution in [2.75, 3.05) is 51.3 Å². The molecule has 2 amide bonds. The van der Waals surface area contributed by atoms with Crippen LogP contribution < -0.4 is 5.32 Å². The summed E-state index contributed by atoms with van der Waals surface area (Å²) < 4.78 is 19.1. The Balaban J connectivity index is 1.50. The van der Waals surface area contributed by atoms with E-state index in [4.69, 9.17) is 16.3 Å². The number of carbonyl (C=O) groups excluding carboxylic acids is 1. The van der Waals surface area contributed by atoms with E-state index >= 15 is 0 Å². The van der Waals surface area contributed by atoms with Gasteiger partial charge in [-0.15, -0.1) is 0 Å². The highest BCUT2D eigenvalue weighted by Crippen LogP contribution is 2.22. The number of anilines is 1. The lowest BCUT2D eigenvalue weighted by Gasteiger charge is -2.29. The maximum absolute atomic E-state index is 13.7. The minimum Gasteiger partial charge on any atom is -0.379 e. The Labute approximate surface area is 140 Å². The molecular weight excluding hydrogens is 321 g/mol. The monoisotopic (exact) mass is 341 g/mol. The molecular formula is C16H21ClFN3O2. The van der Waals surface area contributed by atoms with Gasteiger partial charge in [0.1, 0.15) is 5.82 Å². The molecule has 7 heteroatoms. The number of morpholine rings is 1. The number of rotatable bonds is 3. The maximum atomic E-state index is 13.7. The Bertz CT molecular complexity index is 566. The average Bonchev–Trinajstić information content (AvgIpc) is 3.00. The Kier molecular flexibility index (Phi) is 5.35. The second-order valence-electron chi connectivity index (χ2n) is 6.07. The lowest BCUT2D eigenvalue weighted by molar-refractivity contribution is 0.0314. The minimum absolute atomic E-state index is 0.163. The molecule has 0 aromatic heterocycles. The maximum Gasteiger partial charge on any atom is 0.321 e. The second-order valence-corrected chi connectivity index (χ2v) is 6.50. The van der Waals surface area contributed by atoms with Crippen molar-refractivity contribution in [2.45, 2.75) is 6.42 Å². The van der Waals surface area contributed by atoms with Crippen LogP contribution in [0, 0.1) is 11.7 Å². The van der Waals surface area contributed by atoms with Crippen molar-refractivity contribution in [1.82, 2.24) is 9.80 Å². The van der Waals surface area contributed by atoms with E-state index in [1.807, 2.05) is 0 Å². The molecule has 0 bridgehead atoms. The van der Waals surface area contributed by atoms with Crippen molar-refractivity contribution in [1.29, 1.82) is 0 Å². The number of benzene rings is 1. The molecule has 1 aromatic carbocycles. The fraction of sp³-hybridized carbons (Fsp3) is 0.562. The van der Waals surface area contributed by atoms with E-state index in [0.29, 0.717) is 24.0 Å². The van der Waals surface area contributed by atoms with Crippen LogP contribution in [0.15, 0.2) is 18.2 Å². The normalized spacial score (nSPS) is 22.3. The topological polar surface area (TPSA) is 44.8 Å². The molecule has 0 unspecified atom stereocenters. The van der Waals surface area contributed by atoms with Crippen LogP contribution in [0.1, 0.15) is 6.42 Å². The molecule has 2 saturated heterocycles. The van der Waals surface area contributed by atoms with Crippen LogP contribution in [0.25, 0.3) is 0 Å². The summed E-state index contributed by atoms with van der Waals surface area (Å²) in [5.41, 5.74) is 0.163. The van der Waals surface area contributed by atoms with Gasteiger partial charge in [0.15, 0.2) is 0 Å². The number of nitrogens with zero attached hydrogens (tertiary/aromatic N) is 2. The van der Waals surface area contributed by atoms with Crippen molar-refractivity contribution in [3.8, 4) is 0 Å². The molecule has 1 atom stereocenters. The third-order valence-corrected chi connectivity index (χ3v) is 4.60. The standard InChI is InChI=1S/C16H21ClFN3O2/c17-13-1-2-15(14(18)9-13)19-16(22)21-4-3-12(11-21)10-20-5-7-23-8-6-20/h1-2,9,12H,3-8,10-11H2,(H,19,22)/t12-/m0/s1. The Morgan fingerprint density at radius 1 is 1.35 bits per heavy atom. The van der Waals surface area contributed by atoms with Gasteiger partial charge < -0.3 is 15.0 Å². The molecule has 3 rings (SSSR count). The molecule has 126 valence electrons. The molecule has 2 heterocycles. The van der Waals surface area contributed by atoms with Crippen LogP contribution >= 0.6 is 11.6 Å². The molecule has 1 N–H and O–H groups in total. The number of hydrogen-bond acceptors (Lipinski definition) is 3. The fourth-order valence-electron chi connectivity index (χ4n) is 3.10. The van der Waals surface area contributed by atoms with Crippen LogP contribution in [0.3, 0.4) is 0 Å². The Hall–Kier alpha value is -1.37. The third-order valence-electron chi connectivity index (χ3n) is 4.37. The van der Waals surface area contributed by atoms with Gasteiger partial charge in [0, 0.05) is 37.7 Å². The smallest absolute Gasteiger partial charge is 0.321 e. The molecule has 1 aromatic rings. The predicted octanol–water partition coefficient (Wildman–Crippen LogP) is 2.67. The zero-order chi connectivity index (χ0) is 16.2. The highest BCUT2D eigenvalue weighted by Gasteiger charge is 2.28. The molecule has 2 fully saturated rings. The number of hydrogen-bond donors (Lipinski definition) is 1. The zero-order valence-electron chi connectivity index (χ0n) is 12.9. The third kappa shape index (κ3) is 4.34. The van der Waals surface area contributed by atoms with Crippen molar-refractivity contribution in [2.24, 2.45) is 5.92 Å². The van der Waals surface area contributed by atoms with E-state index in [-0.39, 0.29) is 11.7 Å². The highest BCUT2D eigenvalue weighted by atomic mass is 35.5. The summed E-state index contributed by atoms with van der Waals surface area (Å²) in [4.78, 5) is 16.4. The number of nitrogens with one attached hydrogen (secondary N) is 1. The molecule has 23 heavy (non-hydrogen) atoms. The lowest BCUT2D eigenvalue weighted by Crippen LogP contribution is -2.40. The van der Waals surface area contributed by atoms with E-state index in [1.54, 1.807) is 11.0 Å². The molecule has 0 spiro atoms.